The normalized spacial score (nSPS) is 14.2. The lowest BCUT2D eigenvalue weighted by Gasteiger charge is -2.48. The van der Waals surface area contributed by atoms with Gasteiger partial charge in [0.1, 0.15) is 0 Å². The monoisotopic (exact) mass is 459 g/mol. The predicted molar refractivity (Wildman–Crippen MR) is 140 cm³/mol. The summed E-state index contributed by atoms with van der Waals surface area (Å²) in [5.41, 5.74) is 8.61. The second kappa shape index (κ2) is 9.75. The van der Waals surface area contributed by atoms with Crippen LogP contribution in [0.5, 0.6) is 0 Å². The van der Waals surface area contributed by atoms with Crippen molar-refractivity contribution in [3.05, 3.63) is 168 Å². The zero-order chi connectivity index (χ0) is 24.1. The summed E-state index contributed by atoms with van der Waals surface area (Å²) in [5, 5.41) is 12.2. The number of rotatable bonds is 8. The zero-order valence-electron chi connectivity index (χ0n) is 19.5. The minimum absolute atomic E-state index is 0.339. The molecule has 5 aromatic rings. The van der Waals surface area contributed by atoms with Crippen LogP contribution < -0.4 is 5.73 Å². The molecule has 3 N–H and O–H groups in total. The van der Waals surface area contributed by atoms with Crippen molar-refractivity contribution in [2.75, 3.05) is 0 Å². The van der Waals surface area contributed by atoms with E-state index in [2.05, 4.69) is 48.5 Å². The Morgan fingerprint density at radius 3 is 1.43 bits per heavy atom. The minimum Gasteiger partial charge on any atom is -0.465 e. The van der Waals surface area contributed by atoms with Gasteiger partial charge in [-0.2, -0.15) is 0 Å². The topological polar surface area (TPSA) is 59.4 Å². The largest absolute Gasteiger partial charge is 0.465 e. The summed E-state index contributed by atoms with van der Waals surface area (Å²) in [6.07, 6.45) is 2.08. The van der Waals surface area contributed by atoms with Crippen LogP contribution >= 0.6 is 0 Å². The number of aliphatic hydroxyl groups is 1. The van der Waals surface area contributed by atoms with Crippen LogP contribution in [0.2, 0.25) is 0 Å². The van der Waals surface area contributed by atoms with E-state index < -0.39 is 17.1 Å². The lowest BCUT2D eigenvalue weighted by atomic mass is 9.57. The third-order valence-corrected chi connectivity index (χ3v) is 6.94. The molecule has 1 heterocycles. The third-order valence-electron chi connectivity index (χ3n) is 6.94. The second-order valence-electron chi connectivity index (χ2n) is 8.95. The number of furan rings is 1. The molecule has 0 spiro atoms. The smallest absolute Gasteiger partial charge is 0.177 e. The highest BCUT2D eigenvalue weighted by Crippen LogP contribution is 2.51. The molecule has 2 atom stereocenters. The van der Waals surface area contributed by atoms with E-state index in [-0.39, 0.29) is 0 Å². The molecule has 0 bridgehead atoms. The van der Waals surface area contributed by atoms with Crippen molar-refractivity contribution in [2.24, 2.45) is 11.7 Å². The van der Waals surface area contributed by atoms with Gasteiger partial charge in [-0.05, 0) is 40.8 Å². The van der Waals surface area contributed by atoms with Crippen LogP contribution in [0.3, 0.4) is 0 Å². The summed E-state index contributed by atoms with van der Waals surface area (Å²) in [6, 6.07) is 44.7. The first-order valence-electron chi connectivity index (χ1n) is 11.9. The Hall–Kier alpha value is -3.92. The molecule has 0 aliphatic rings. The first-order chi connectivity index (χ1) is 17.1. The van der Waals surface area contributed by atoms with Gasteiger partial charge in [-0.15, -0.1) is 0 Å². The highest BCUT2D eigenvalue weighted by molar-refractivity contribution is 5.53. The summed E-state index contributed by atoms with van der Waals surface area (Å²) in [4.78, 5) is 0. The lowest BCUT2D eigenvalue weighted by molar-refractivity contribution is -0.0561. The fraction of sp³-hybridized carbons (Fsp3) is 0.125. The quantitative estimate of drug-likeness (QED) is 0.212. The van der Waals surface area contributed by atoms with Crippen molar-refractivity contribution >= 4 is 0 Å². The summed E-state index contributed by atoms with van der Waals surface area (Å²) in [6.45, 7) is 0. The van der Waals surface area contributed by atoms with E-state index in [1.54, 1.807) is 18.4 Å². The second-order valence-corrected chi connectivity index (χ2v) is 8.95. The van der Waals surface area contributed by atoms with Gasteiger partial charge in [-0.1, -0.05) is 121 Å². The highest BCUT2D eigenvalue weighted by Gasteiger charge is 2.53. The molecule has 3 heteroatoms. The maximum atomic E-state index is 12.2. The summed E-state index contributed by atoms with van der Waals surface area (Å²) < 4.78 is 5.74. The molecular formula is C32H29NO2. The Bertz CT molecular complexity index is 1220. The van der Waals surface area contributed by atoms with Crippen molar-refractivity contribution in [3.8, 4) is 0 Å². The molecule has 0 aliphatic carbocycles. The third kappa shape index (κ3) is 4.21. The van der Waals surface area contributed by atoms with Gasteiger partial charge in [0.25, 0.3) is 0 Å². The maximum absolute atomic E-state index is 12.2. The van der Waals surface area contributed by atoms with Crippen LogP contribution in [0.25, 0.3) is 0 Å². The van der Waals surface area contributed by atoms with Crippen LogP contribution in [-0.2, 0) is 17.6 Å². The molecule has 4 aromatic carbocycles. The zero-order valence-corrected chi connectivity index (χ0v) is 19.5. The Morgan fingerprint density at radius 1 is 0.600 bits per heavy atom. The number of hydrogen-bond donors (Lipinski definition) is 2. The molecule has 0 fully saturated rings. The molecule has 5 rings (SSSR count). The summed E-state index contributed by atoms with van der Waals surface area (Å²) in [7, 11) is 0. The van der Waals surface area contributed by atoms with Gasteiger partial charge in [-0.3, -0.25) is 5.73 Å². The fourth-order valence-electron chi connectivity index (χ4n) is 5.37. The standard InChI is InChI=1S/C32H29NO2/c33-32(34,30-22-13-23-35-30)29(24-25-14-5-1-6-15-25)31(26-16-7-2-8-17-26,27-18-9-3-10-19-27)28-20-11-4-12-21-28/h1-23,29,34H,24,33H2. The molecule has 35 heavy (non-hydrogen) atoms. The molecular weight excluding hydrogens is 430 g/mol. The van der Waals surface area contributed by atoms with Crippen molar-refractivity contribution < 1.29 is 9.52 Å². The van der Waals surface area contributed by atoms with E-state index >= 15 is 0 Å². The van der Waals surface area contributed by atoms with Gasteiger partial charge >= 0.3 is 0 Å². The SMILES string of the molecule is NC(O)(c1ccco1)C(Cc1ccccc1)C(c1ccccc1)(c1ccccc1)c1ccccc1. The molecule has 0 saturated heterocycles. The van der Waals surface area contributed by atoms with Gasteiger partial charge in [0, 0.05) is 5.92 Å². The molecule has 0 radical (unpaired) electrons. The Labute approximate surface area is 206 Å². The number of hydrogen-bond acceptors (Lipinski definition) is 3. The van der Waals surface area contributed by atoms with Crippen LogP contribution in [0.1, 0.15) is 28.0 Å². The molecule has 3 nitrogen and oxygen atoms in total. The van der Waals surface area contributed by atoms with E-state index in [4.69, 9.17) is 10.2 Å². The Kier molecular flexibility index (Phi) is 6.37. The molecule has 2 unspecified atom stereocenters. The highest BCUT2D eigenvalue weighted by atomic mass is 16.4. The molecule has 174 valence electrons. The first-order valence-corrected chi connectivity index (χ1v) is 11.9. The van der Waals surface area contributed by atoms with E-state index in [1.807, 2.05) is 72.8 Å². The van der Waals surface area contributed by atoms with Gasteiger partial charge in [0.2, 0.25) is 0 Å². The van der Waals surface area contributed by atoms with Gasteiger partial charge in [-0.25, -0.2) is 0 Å². The van der Waals surface area contributed by atoms with Crippen LogP contribution in [0.4, 0.5) is 0 Å². The average Bonchev–Trinajstić information content (AvgIpc) is 3.47. The van der Waals surface area contributed by atoms with E-state index in [9.17, 15) is 5.11 Å². The van der Waals surface area contributed by atoms with Crippen molar-refractivity contribution in [3.63, 3.8) is 0 Å². The Morgan fingerprint density at radius 2 is 1.03 bits per heavy atom. The minimum atomic E-state index is -1.78. The molecule has 0 amide bonds. The van der Waals surface area contributed by atoms with Crippen molar-refractivity contribution in [1.82, 2.24) is 0 Å². The molecule has 0 saturated carbocycles. The van der Waals surface area contributed by atoms with E-state index in [0.29, 0.717) is 12.2 Å². The molecule has 0 aliphatic heterocycles. The summed E-state index contributed by atoms with van der Waals surface area (Å²) >= 11 is 0. The van der Waals surface area contributed by atoms with Crippen LogP contribution in [0.15, 0.2) is 144 Å². The van der Waals surface area contributed by atoms with E-state index in [1.165, 1.54) is 0 Å². The summed E-state index contributed by atoms with van der Waals surface area (Å²) in [5.74, 6) is -0.179. The fourth-order valence-corrected chi connectivity index (χ4v) is 5.37. The van der Waals surface area contributed by atoms with Crippen LogP contribution in [0, 0.1) is 5.92 Å². The average molecular weight is 460 g/mol. The molecule has 1 aromatic heterocycles. The van der Waals surface area contributed by atoms with Gasteiger partial charge in [0.15, 0.2) is 11.5 Å². The van der Waals surface area contributed by atoms with Crippen LogP contribution in [-0.4, -0.2) is 5.11 Å². The van der Waals surface area contributed by atoms with Gasteiger partial charge in [0.05, 0.1) is 11.7 Å². The Balaban J connectivity index is 1.87. The maximum Gasteiger partial charge on any atom is 0.177 e. The lowest BCUT2D eigenvalue weighted by Crippen LogP contribution is -2.55. The van der Waals surface area contributed by atoms with Crippen molar-refractivity contribution in [2.45, 2.75) is 17.6 Å². The van der Waals surface area contributed by atoms with Gasteiger partial charge < -0.3 is 9.52 Å². The first kappa shape index (κ1) is 22.9. The van der Waals surface area contributed by atoms with Crippen molar-refractivity contribution in [1.29, 1.82) is 0 Å². The van der Waals surface area contributed by atoms with E-state index in [0.717, 1.165) is 22.3 Å². The number of benzene rings is 4. The number of nitrogens with two attached hydrogens (primary N) is 1. The predicted octanol–water partition coefficient (Wildman–Crippen LogP) is 6.28.